The number of ether oxygens (including phenoxy) is 7. The van der Waals surface area contributed by atoms with Crippen molar-refractivity contribution in [3.05, 3.63) is 52.2 Å². The summed E-state index contributed by atoms with van der Waals surface area (Å²) in [6.07, 6.45) is -17.7. The van der Waals surface area contributed by atoms with E-state index in [0.29, 0.717) is 12.1 Å². The second-order valence-electron chi connectivity index (χ2n) is 13.0. The van der Waals surface area contributed by atoms with Gasteiger partial charge in [-0.2, -0.15) is 0 Å². The minimum atomic E-state index is -2.17. The Morgan fingerprint density at radius 3 is 1.96 bits per heavy atom. The minimum Gasteiger partial charge on any atom is -0.508 e. The molecule has 3 heterocycles. The maximum atomic E-state index is 14.2. The third-order valence-electron chi connectivity index (χ3n) is 9.32. The van der Waals surface area contributed by atoms with E-state index in [2.05, 4.69) is 0 Å². The molecule has 21 nitrogen and oxygen atoms in total. The quantitative estimate of drug-likeness (QED) is 0.0718. The van der Waals surface area contributed by atoms with Crippen molar-refractivity contribution in [1.29, 1.82) is 0 Å². The zero-order valence-corrected chi connectivity index (χ0v) is 29.9. The number of carbonyl (C=O) groups excluding carboxylic acids is 1. The van der Waals surface area contributed by atoms with Crippen molar-refractivity contribution >= 4 is 16.9 Å². The van der Waals surface area contributed by atoms with Gasteiger partial charge in [0.2, 0.25) is 23.2 Å². The van der Waals surface area contributed by atoms with Crippen LogP contribution in [0, 0.1) is 0 Å². The average Bonchev–Trinajstić information content (AvgIpc) is 3.17. The fourth-order valence-electron chi connectivity index (χ4n) is 6.22. The summed E-state index contributed by atoms with van der Waals surface area (Å²) in [4.78, 5) is 27.6. The van der Waals surface area contributed by atoms with Gasteiger partial charge in [-0.25, -0.2) is 4.79 Å². The van der Waals surface area contributed by atoms with Crippen LogP contribution in [0.1, 0.15) is 17.3 Å². The highest BCUT2D eigenvalue weighted by Gasteiger charge is 2.50. The fraction of sp³-hybridized carbons (Fsp3) is 0.389. The van der Waals surface area contributed by atoms with Crippen LogP contribution >= 0.6 is 0 Å². The van der Waals surface area contributed by atoms with Gasteiger partial charge in [-0.1, -0.05) is 0 Å². The molecule has 3 aromatic carbocycles. The van der Waals surface area contributed by atoms with Crippen molar-refractivity contribution in [3.63, 3.8) is 0 Å². The smallest absolute Gasteiger partial charge is 0.339 e. The van der Waals surface area contributed by atoms with E-state index in [1.165, 1.54) is 33.3 Å². The highest BCUT2D eigenvalue weighted by molar-refractivity contribution is 5.91. The van der Waals surface area contributed by atoms with Gasteiger partial charge in [-0.05, 0) is 31.2 Å². The first-order valence-corrected chi connectivity index (χ1v) is 16.9. The maximum absolute atomic E-state index is 14.2. The van der Waals surface area contributed by atoms with E-state index >= 15 is 0 Å². The Morgan fingerprint density at radius 2 is 1.35 bits per heavy atom. The first-order valence-electron chi connectivity index (χ1n) is 16.9. The number of rotatable bonds is 10. The number of hydrogen-bond acceptors (Lipinski definition) is 21. The predicted molar refractivity (Wildman–Crippen MR) is 186 cm³/mol. The van der Waals surface area contributed by atoms with Crippen molar-refractivity contribution in [2.24, 2.45) is 0 Å². The summed E-state index contributed by atoms with van der Waals surface area (Å²) in [7, 11) is 2.42. The van der Waals surface area contributed by atoms with Gasteiger partial charge in [-0.3, -0.25) is 4.79 Å². The van der Waals surface area contributed by atoms with Gasteiger partial charge in [0.1, 0.15) is 59.1 Å². The predicted octanol–water partition coefficient (Wildman–Crippen LogP) is -0.394. The van der Waals surface area contributed by atoms with Crippen molar-refractivity contribution in [3.8, 4) is 63.1 Å². The molecule has 0 bridgehead atoms. The number of aliphatic hydroxyl groups is 5. The zero-order valence-electron chi connectivity index (χ0n) is 29.9. The molecule has 2 aliphatic heterocycles. The molecule has 57 heavy (non-hydrogen) atoms. The number of carbonyl (C=O) groups is 1. The van der Waals surface area contributed by atoms with E-state index in [0.717, 1.165) is 12.1 Å². The molecule has 2 saturated heterocycles. The lowest BCUT2D eigenvalue weighted by atomic mass is 9.98. The SMILES string of the molecule is COc1cc(-c2oc3cc(O)cc(O)c3c(=O)c2O[C@H]2OC(CO[C@@H]3OC(C)[C@H](O)C(O)[C@@H]3O)[C@H](O)C(O)[C@H]2OC(=O)c2cc(O)c(O)c(O)c2)cc(OC)c1O. The number of aromatic hydroxyl groups is 6. The van der Waals surface area contributed by atoms with Crippen LogP contribution in [0.4, 0.5) is 0 Å². The molecule has 0 radical (unpaired) electrons. The molecule has 1 aromatic heterocycles. The second-order valence-corrected chi connectivity index (χ2v) is 13.0. The number of esters is 1. The number of methoxy groups -OCH3 is 2. The highest BCUT2D eigenvalue weighted by Crippen LogP contribution is 2.44. The lowest BCUT2D eigenvalue weighted by Gasteiger charge is -2.43. The summed E-state index contributed by atoms with van der Waals surface area (Å²) >= 11 is 0. The van der Waals surface area contributed by atoms with E-state index in [1.54, 1.807) is 0 Å². The monoisotopic (exact) mass is 806 g/mol. The van der Waals surface area contributed by atoms with Crippen LogP contribution in [-0.4, -0.2) is 144 Å². The van der Waals surface area contributed by atoms with Gasteiger partial charge in [0.05, 0.1) is 32.5 Å². The van der Waals surface area contributed by atoms with E-state index in [9.17, 15) is 65.8 Å². The molecule has 4 unspecified atom stereocenters. The molecule has 2 aliphatic rings. The van der Waals surface area contributed by atoms with Gasteiger partial charge in [-0.15, -0.1) is 0 Å². The molecule has 21 heteroatoms. The molecule has 11 N–H and O–H groups in total. The van der Waals surface area contributed by atoms with Crippen LogP contribution < -0.4 is 19.6 Å². The number of hydrogen-bond donors (Lipinski definition) is 11. The van der Waals surface area contributed by atoms with Crippen LogP contribution in [0.15, 0.2) is 45.6 Å². The Kier molecular flexibility index (Phi) is 11.5. The van der Waals surface area contributed by atoms with Crippen LogP contribution in [0.25, 0.3) is 22.3 Å². The van der Waals surface area contributed by atoms with E-state index in [-0.39, 0.29) is 22.6 Å². The molecule has 0 saturated carbocycles. The Balaban J connectivity index is 1.45. The van der Waals surface area contributed by atoms with Gasteiger partial charge in [0.25, 0.3) is 0 Å². The Morgan fingerprint density at radius 1 is 0.719 bits per heavy atom. The maximum Gasteiger partial charge on any atom is 0.339 e. The van der Waals surface area contributed by atoms with Gasteiger partial charge >= 0.3 is 5.97 Å². The summed E-state index contributed by atoms with van der Waals surface area (Å²) in [5, 5.41) is 114. The van der Waals surface area contributed by atoms with Crippen molar-refractivity contribution in [2.45, 2.75) is 68.3 Å². The van der Waals surface area contributed by atoms with Gasteiger partial charge < -0.3 is 93.7 Å². The van der Waals surface area contributed by atoms with Crippen LogP contribution in [0.5, 0.6) is 51.7 Å². The standard InChI is InChI=1S/C36H38O21/c1-11-23(41)28(46)30(48)35(53-11)52-10-21-26(44)29(47)33(56-34(49)13-4-16(39)24(42)17(40)5-13)36(55-21)57-32-27(45)22-15(38)8-14(37)9-18(22)54-31(32)12-6-19(50-2)25(43)20(7-12)51-3/h4-9,11,21,23,26,28-30,33,35-44,46-48H,10H2,1-3H3/t11?,21?,23-,26-,28?,29?,30-,33+,35+,36+/m0/s1. The number of fused-ring (bicyclic) bond motifs is 1. The molecule has 0 amide bonds. The molecule has 6 rings (SSSR count). The topological polar surface area (TPSA) is 334 Å². The molecule has 308 valence electrons. The van der Waals surface area contributed by atoms with Gasteiger partial charge in [0.15, 0.2) is 46.9 Å². The summed E-state index contributed by atoms with van der Waals surface area (Å²) in [5.41, 5.74) is -2.17. The lowest BCUT2D eigenvalue weighted by Crippen LogP contribution is -2.62. The van der Waals surface area contributed by atoms with E-state index < -0.39 is 136 Å². The van der Waals surface area contributed by atoms with Gasteiger partial charge in [0, 0.05) is 17.7 Å². The van der Waals surface area contributed by atoms with Crippen molar-refractivity contribution in [2.75, 3.05) is 20.8 Å². The normalized spacial score (nSPS) is 27.5. The summed E-state index contributed by atoms with van der Waals surface area (Å²) in [6.45, 7) is 0.634. The molecule has 2 fully saturated rings. The minimum absolute atomic E-state index is 0.0866. The fourth-order valence-corrected chi connectivity index (χ4v) is 6.22. The van der Waals surface area contributed by atoms with Crippen LogP contribution in [0.3, 0.4) is 0 Å². The lowest BCUT2D eigenvalue weighted by molar-refractivity contribution is -0.318. The molecule has 10 atom stereocenters. The Labute approximate surface area is 319 Å². The van der Waals surface area contributed by atoms with Crippen LogP contribution in [-0.2, 0) is 18.9 Å². The van der Waals surface area contributed by atoms with E-state index in [4.69, 9.17) is 37.6 Å². The van der Waals surface area contributed by atoms with Crippen molar-refractivity contribution < 1.29 is 98.5 Å². The third kappa shape index (κ3) is 7.69. The largest absolute Gasteiger partial charge is 0.508 e. The Bertz CT molecular complexity index is 2160. The van der Waals surface area contributed by atoms with Crippen LogP contribution in [0.2, 0.25) is 0 Å². The highest BCUT2D eigenvalue weighted by atomic mass is 16.7. The number of phenolic OH excluding ortho intramolecular Hbond substituents is 6. The summed E-state index contributed by atoms with van der Waals surface area (Å²) in [5.74, 6) is -7.66. The molecule has 4 aromatic rings. The second kappa shape index (κ2) is 16.0. The summed E-state index contributed by atoms with van der Waals surface area (Å²) < 4.78 is 44.8. The van der Waals surface area contributed by atoms with E-state index in [1.807, 2.05) is 0 Å². The van der Waals surface area contributed by atoms with Crippen molar-refractivity contribution in [1.82, 2.24) is 0 Å². The molecular weight excluding hydrogens is 768 g/mol. The number of phenols is 6. The summed E-state index contributed by atoms with van der Waals surface area (Å²) in [6, 6.07) is 5.62. The Hall–Kier alpha value is -5.78. The molecule has 0 spiro atoms. The molecular formula is C36H38O21. The first kappa shape index (κ1) is 40.9. The first-order chi connectivity index (χ1) is 26.9. The zero-order chi connectivity index (χ0) is 41.6. The number of aliphatic hydroxyl groups excluding tert-OH is 5. The molecule has 0 aliphatic carbocycles. The number of benzene rings is 3. The third-order valence-corrected chi connectivity index (χ3v) is 9.32. The average molecular weight is 807 g/mol.